The van der Waals surface area contributed by atoms with Crippen molar-refractivity contribution in [3.05, 3.63) is 35.5 Å². The molecule has 2 aromatic heterocycles. The Labute approximate surface area is 157 Å². The molecule has 0 spiro atoms. The van der Waals surface area contributed by atoms with E-state index in [9.17, 15) is 0 Å². The monoisotopic (exact) mass is 371 g/mol. The van der Waals surface area contributed by atoms with Crippen molar-refractivity contribution in [1.29, 1.82) is 0 Å². The van der Waals surface area contributed by atoms with Gasteiger partial charge in [0, 0.05) is 25.8 Å². The van der Waals surface area contributed by atoms with Gasteiger partial charge in [0.15, 0.2) is 0 Å². The Balaban J connectivity index is 1.61. The van der Waals surface area contributed by atoms with Gasteiger partial charge < -0.3 is 9.64 Å². The third-order valence-corrected chi connectivity index (χ3v) is 5.80. The molecule has 0 unspecified atom stereocenters. The van der Waals surface area contributed by atoms with Crippen LogP contribution in [-0.4, -0.2) is 46.0 Å². The quantitative estimate of drug-likeness (QED) is 0.748. The van der Waals surface area contributed by atoms with E-state index in [1.54, 1.807) is 0 Å². The third kappa shape index (κ3) is 2.93. The molecule has 3 aromatic rings. The number of methoxy groups -OCH3 is 1. The molecule has 0 saturated carbocycles. The minimum Gasteiger partial charge on any atom is -0.378 e. The van der Waals surface area contributed by atoms with Crippen LogP contribution in [0.15, 0.2) is 30.5 Å². The van der Waals surface area contributed by atoms with Crippen LogP contribution < -0.4 is 4.90 Å². The van der Waals surface area contributed by atoms with Gasteiger partial charge in [0.25, 0.3) is 0 Å². The number of hydrogen-bond acceptors (Lipinski definition) is 5. The maximum absolute atomic E-state index is 6.31. The van der Waals surface area contributed by atoms with Gasteiger partial charge >= 0.3 is 0 Å². The zero-order valence-electron chi connectivity index (χ0n) is 15.0. The minimum absolute atomic E-state index is 0.00239. The molecular formula is C19H22ClN5O. The highest BCUT2D eigenvalue weighted by Gasteiger charge is 2.33. The second kappa shape index (κ2) is 6.85. The van der Waals surface area contributed by atoms with Crippen molar-refractivity contribution in [2.45, 2.75) is 31.8 Å². The lowest BCUT2D eigenvalue weighted by molar-refractivity contribution is -0.0323. The van der Waals surface area contributed by atoms with E-state index in [2.05, 4.69) is 27.0 Å². The Morgan fingerprint density at radius 3 is 2.73 bits per heavy atom. The molecule has 0 aliphatic carbocycles. The van der Waals surface area contributed by atoms with Crippen LogP contribution in [0.5, 0.6) is 0 Å². The summed E-state index contributed by atoms with van der Waals surface area (Å²) in [6, 6.07) is 7.65. The van der Waals surface area contributed by atoms with Crippen LogP contribution in [0.1, 0.15) is 26.2 Å². The number of nitrogens with zero attached hydrogens (tertiary/aromatic N) is 4. The smallest absolute Gasteiger partial charge is 0.202 e. The number of H-pyrrole nitrogens is 1. The zero-order valence-corrected chi connectivity index (χ0v) is 15.8. The molecular weight excluding hydrogens is 350 g/mol. The molecule has 1 aliphatic rings. The number of anilines is 1. The number of aromatic amines is 1. The number of ether oxygens (including phenoxy) is 1. The Bertz CT molecular complexity index is 911. The Hall–Kier alpha value is -2.18. The maximum Gasteiger partial charge on any atom is 0.202 e. The van der Waals surface area contributed by atoms with Crippen LogP contribution in [0.25, 0.3) is 22.4 Å². The lowest BCUT2D eigenvalue weighted by Gasteiger charge is -2.40. The van der Waals surface area contributed by atoms with E-state index < -0.39 is 0 Å². The fourth-order valence-corrected chi connectivity index (χ4v) is 3.87. The number of halogens is 1. The molecule has 26 heavy (non-hydrogen) atoms. The predicted octanol–water partition coefficient (Wildman–Crippen LogP) is 4.07. The number of benzene rings is 1. The first-order valence-electron chi connectivity index (χ1n) is 8.92. The SMILES string of the molecule is CCC1(OC)CCN(c2cnc3c(-c4ccccc4Cl)[nH]nc3n2)CC1. The Kier molecular flexibility index (Phi) is 4.54. The molecule has 7 heteroatoms. The summed E-state index contributed by atoms with van der Waals surface area (Å²) in [7, 11) is 1.81. The van der Waals surface area contributed by atoms with Gasteiger partial charge in [0.05, 0.1) is 22.5 Å². The predicted molar refractivity (Wildman–Crippen MR) is 104 cm³/mol. The van der Waals surface area contributed by atoms with Gasteiger partial charge in [-0.05, 0) is 25.3 Å². The fraction of sp³-hybridized carbons (Fsp3) is 0.421. The average molecular weight is 372 g/mol. The maximum atomic E-state index is 6.31. The first-order chi connectivity index (χ1) is 12.7. The van der Waals surface area contributed by atoms with E-state index in [0.29, 0.717) is 10.7 Å². The number of nitrogens with one attached hydrogen (secondary N) is 1. The van der Waals surface area contributed by atoms with Crippen LogP contribution in [0.2, 0.25) is 5.02 Å². The number of hydrogen-bond donors (Lipinski definition) is 1. The molecule has 0 amide bonds. The molecule has 1 N–H and O–H groups in total. The lowest BCUT2D eigenvalue weighted by Crippen LogP contribution is -2.45. The summed E-state index contributed by atoms with van der Waals surface area (Å²) in [6.07, 6.45) is 4.84. The second-order valence-electron chi connectivity index (χ2n) is 6.71. The van der Waals surface area contributed by atoms with E-state index in [-0.39, 0.29) is 5.60 Å². The van der Waals surface area contributed by atoms with Crippen molar-refractivity contribution in [3.8, 4) is 11.3 Å². The van der Waals surface area contributed by atoms with E-state index in [1.807, 2.05) is 37.6 Å². The highest BCUT2D eigenvalue weighted by atomic mass is 35.5. The van der Waals surface area contributed by atoms with Crippen LogP contribution in [-0.2, 0) is 4.74 Å². The van der Waals surface area contributed by atoms with Crippen LogP contribution >= 0.6 is 11.6 Å². The van der Waals surface area contributed by atoms with Crippen molar-refractivity contribution in [2.24, 2.45) is 0 Å². The average Bonchev–Trinajstić information content (AvgIpc) is 3.11. The van der Waals surface area contributed by atoms with Crippen LogP contribution in [0.4, 0.5) is 5.82 Å². The van der Waals surface area contributed by atoms with Crippen molar-refractivity contribution in [2.75, 3.05) is 25.1 Å². The van der Waals surface area contributed by atoms with Crippen molar-refractivity contribution in [1.82, 2.24) is 20.2 Å². The summed E-state index contributed by atoms with van der Waals surface area (Å²) in [5, 5.41) is 8.04. The van der Waals surface area contributed by atoms with Crippen molar-refractivity contribution < 1.29 is 4.74 Å². The molecule has 0 bridgehead atoms. The Morgan fingerprint density at radius 1 is 1.27 bits per heavy atom. The van der Waals surface area contributed by atoms with Crippen molar-refractivity contribution in [3.63, 3.8) is 0 Å². The minimum atomic E-state index is -0.00239. The molecule has 0 atom stereocenters. The first kappa shape index (κ1) is 17.2. The van der Waals surface area contributed by atoms with Crippen LogP contribution in [0.3, 0.4) is 0 Å². The highest BCUT2D eigenvalue weighted by molar-refractivity contribution is 6.33. The van der Waals surface area contributed by atoms with Crippen LogP contribution in [0, 0.1) is 0 Å². The third-order valence-electron chi connectivity index (χ3n) is 5.47. The number of rotatable bonds is 4. The summed E-state index contributed by atoms with van der Waals surface area (Å²) < 4.78 is 5.75. The molecule has 0 radical (unpaired) electrons. The Morgan fingerprint density at radius 2 is 2.04 bits per heavy atom. The van der Waals surface area contributed by atoms with Gasteiger partial charge in [-0.1, -0.05) is 36.7 Å². The van der Waals surface area contributed by atoms with Crippen molar-refractivity contribution >= 4 is 28.6 Å². The molecule has 3 heterocycles. The van der Waals surface area contributed by atoms with E-state index in [1.165, 1.54) is 0 Å². The topological polar surface area (TPSA) is 66.9 Å². The molecule has 6 nitrogen and oxygen atoms in total. The highest BCUT2D eigenvalue weighted by Crippen LogP contribution is 2.33. The summed E-state index contributed by atoms with van der Waals surface area (Å²) in [5.74, 6) is 0.857. The van der Waals surface area contributed by atoms with E-state index >= 15 is 0 Å². The van der Waals surface area contributed by atoms with E-state index in [4.69, 9.17) is 21.3 Å². The summed E-state index contributed by atoms with van der Waals surface area (Å²) >= 11 is 6.31. The molecule has 1 saturated heterocycles. The summed E-state index contributed by atoms with van der Waals surface area (Å²) in [4.78, 5) is 11.6. The zero-order chi connectivity index (χ0) is 18.1. The largest absolute Gasteiger partial charge is 0.378 e. The lowest BCUT2D eigenvalue weighted by atomic mass is 9.88. The van der Waals surface area contributed by atoms with Gasteiger partial charge in [0.2, 0.25) is 5.65 Å². The number of fused-ring (bicyclic) bond motifs is 1. The second-order valence-corrected chi connectivity index (χ2v) is 7.11. The summed E-state index contributed by atoms with van der Waals surface area (Å²) in [5.41, 5.74) is 3.02. The number of aromatic nitrogens is 4. The normalized spacial score (nSPS) is 17.0. The van der Waals surface area contributed by atoms with Gasteiger partial charge in [-0.3, -0.25) is 5.10 Å². The van der Waals surface area contributed by atoms with E-state index in [0.717, 1.165) is 54.9 Å². The molecule has 4 rings (SSSR count). The van der Waals surface area contributed by atoms with Gasteiger partial charge in [-0.15, -0.1) is 0 Å². The molecule has 1 aromatic carbocycles. The van der Waals surface area contributed by atoms with Gasteiger partial charge in [0.1, 0.15) is 11.3 Å². The molecule has 1 fully saturated rings. The number of piperidine rings is 1. The fourth-order valence-electron chi connectivity index (χ4n) is 3.64. The molecule has 1 aliphatic heterocycles. The standard InChI is InChI=1S/C19H22ClN5O/c1-3-19(26-2)8-10-25(11-9-19)15-12-21-17-16(23-24-18(17)22-15)13-6-4-5-7-14(13)20/h4-7,12H,3,8-11H2,1-2H3,(H,22,23,24). The summed E-state index contributed by atoms with van der Waals surface area (Å²) in [6.45, 7) is 4.00. The van der Waals surface area contributed by atoms with Gasteiger partial charge in [-0.25, -0.2) is 9.97 Å². The molecule has 136 valence electrons. The first-order valence-corrected chi connectivity index (χ1v) is 9.30. The van der Waals surface area contributed by atoms with Gasteiger partial charge in [-0.2, -0.15) is 5.10 Å².